The maximum absolute atomic E-state index is 13.3. The second-order valence-corrected chi connectivity index (χ2v) is 11.1. The van der Waals surface area contributed by atoms with Crippen molar-refractivity contribution >= 4 is 38.1 Å². The van der Waals surface area contributed by atoms with Gasteiger partial charge in [-0.05, 0) is 12.8 Å². The van der Waals surface area contributed by atoms with Gasteiger partial charge in [-0.15, -0.1) is 0 Å². The van der Waals surface area contributed by atoms with Gasteiger partial charge in [0.2, 0.25) is 5.91 Å². The Morgan fingerprint density at radius 3 is 2.50 bits per heavy atom. The topological polar surface area (TPSA) is 133 Å². The summed E-state index contributed by atoms with van der Waals surface area (Å²) < 4.78 is 38.9. The maximum atomic E-state index is 13.3. The van der Waals surface area contributed by atoms with Crippen LogP contribution in [-0.2, 0) is 29.9 Å². The van der Waals surface area contributed by atoms with Crippen LogP contribution in [0.2, 0.25) is 0 Å². The fraction of sp³-hybridized carbons (Fsp3) is 0.579. The first-order chi connectivity index (χ1) is 15.3. The largest absolute Gasteiger partial charge is 0.381 e. The number of fused-ring (bicyclic) bond motifs is 3. The summed E-state index contributed by atoms with van der Waals surface area (Å²) in [7, 11) is -3.74. The van der Waals surface area contributed by atoms with Crippen molar-refractivity contribution in [1.82, 2.24) is 19.7 Å². The molecular formula is C19H23N5O6S2. The number of rotatable bonds is 3. The highest BCUT2D eigenvalue weighted by Crippen LogP contribution is 2.45. The number of amides is 2. The van der Waals surface area contributed by atoms with Crippen molar-refractivity contribution in [3.8, 4) is 11.4 Å². The monoisotopic (exact) mass is 481 g/mol. The molecule has 0 saturated carbocycles. The molecule has 11 nitrogen and oxygen atoms in total. The highest BCUT2D eigenvalue weighted by atomic mass is 32.2. The molecule has 0 aromatic carbocycles. The van der Waals surface area contributed by atoms with Crippen LogP contribution in [0.1, 0.15) is 41.9 Å². The third-order valence-electron chi connectivity index (χ3n) is 5.77. The maximum Gasteiger partial charge on any atom is 0.274 e. The molecule has 13 heteroatoms. The first kappa shape index (κ1) is 21.5. The number of nitrogens with one attached hydrogen (secondary N) is 1. The normalized spacial score (nSPS) is 20.5. The Bertz CT molecular complexity index is 1180. The SMILES string of the molecule is CC(=O)Nc1nc2c(s1)S(=O)(=O)Cc1c(C(=O)N3CCOCC3)nn(C3CCOCC3)c1-2. The van der Waals surface area contributed by atoms with E-state index in [0.29, 0.717) is 63.6 Å². The van der Waals surface area contributed by atoms with Crippen molar-refractivity contribution in [2.24, 2.45) is 0 Å². The summed E-state index contributed by atoms with van der Waals surface area (Å²) >= 11 is 0.927. The van der Waals surface area contributed by atoms with Crippen LogP contribution in [0.15, 0.2) is 4.21 Å². The Morgan fingerprint density at radius 1 is 1.12 bits per heavy atom. The van der Waals surface area contributed by atoms with Gasteiger partial charge < -0.3 is 19.7 Å². The summed E-state index contributed by atoms with van der Waals surface area (Å²) in [5.74, 6) is -0.966. The summed E-state index contributed by atoms with van der Waals surface area (Å²) in [4.78, 5) is 31.0. The lowest BCUT2D eigenvalue weighted by Gasteiger charge is -2.26. The average molecular weight is 482 g/mol. The van der Waals surface area contributed by atoms with Gasteiger partial charge in [-0.2, -0.15) is 5.10 Å². The molecule has 2 aromatic rings. The van der Waals surface area contributed by atoms with E-state index in [4.69, 9.17) is 9.47 Å². The molecular weight excluding hydrogens is 458 g/mol. The van der Waals surface area contributed by atoms with Gasteiger partial charge in [0, 0.05) is 38.8 Å². The number of aromatic nitrogens is 3. The Morgan fingerprint density at radius 2 is 1.81 bits per heavy atom. The molecule has 0 unspecified atom stereocenters. The summed E-state index contributed by atoms with van der Waals surface area (Å²) in [6.45, 7) is 4.19. The molecule has 0 radical (unpaired) electrons. The number of morpholine rings is 1. The van der Waals surface area contributed by atoms with Crippen molar-refractivity contribution in [2.75, 3.05) is 44.8 Å². The molecule has 32 heavy (non-hydrogen) atoms. The number of nitrogens with zero attached hydrogens (tertiary/aromatic N) is 4. The first-order valence-electron chi connectivity index (χ1n) is 10.4. The molecule has 172 valence electrons. The van der Waals surface area contributed by atoms with Crippen LogP contribution in [0.25, 0.3) is 11.4 Å². The summed E-state index contributed by atoms with van der Waals surface area (Å²) in [5.41, 5.74) is 1.32. The smallest absolute Gasteiger partial charge is 0.274 e. The molecule has 5 rings (SSSR count). The number of thiazole rings is 1. The second kappa shape index (κ2) is 8.21. The van der Waals surface area contributed by atoms with Crippen LogP contribution >= 0.6 is 11.3 Å². The highest BCUT2D eigenvalue weighted by molar-refractivity contribution is 7.93. The number of anilines is 1. The van der Waals surface area contributed by atoms with Crippen molar-refractivity contribution < 1.29 is 27.5 Å². The molecule has 2 aromatic heterocycles. The van der Waals surface area contributed by atoms with Crippen LogP contribution in [-0.4, -0.2) is 79.4 Å². The predicted octanol–water partition coefficient (Wildman–Crippen LogP) is 1.08. The molecule has 5 heterocycles. The van der Waals surface area contributed by atoms with E-state index in [1.165, 1.54) is 6.92 Å². The Balaban J connectivity index is 1.67. The number of hydrogen-bond donors (Lipinski definition) is 1. The number of sulfone groups is 1. The zero-order valence-corrected chi connectivity index (χ0v) is 19.1. The molecule has 1 N–H and O–H groups in total. The van der Waals surface area contributed by atoms with Crippen molar-refractivity contribution in [1.29, 1.82) is 0 Å². The standard InChI is InChI=1S/C19H23N5O6S2/c1-11(25)20-19-21-15-16-13(10-32(27,28)18(15)31-19)14(17(26)23-4-8-30-9-5-23)22-24(16)12-2-6-29-7-3-12/h12H,2-10H2,1H3,(H,20,21,25). The van der Waals surface area contributed by atoms with Gasteiger partial charge in [0.15, 0.2) is 24.9 Å². The van der Waals surface area contributed by atoms with Gasteiger partial charge in [-0.1, -0.05) is 11.3 Å². The highest BCUT2D eigenvalue weighted by Gasteiger charge is 2.41. The van der Waals surface area contributed by atoms with Gasteiger partial charge in [0.25, 0.3) is 5.91 Å². The third-order valence-corrected chi connectivity index (χ3v) is 8.97. The number of ether oxygens (including phenoxy) is 2. The molecule has 3 aliphatic rings. The van der Waals surface area contributed by atoms with E-state index in [0.717, 1.165) is 11.3 Å². The molecule has 3 aliphatic heterocycles. The molecule has 2 amide bonds. The van der Waals surface area contributed by atoms with E-state index < -0.39 is 9.84 Å². The van der Waals surface area contributed by atoms with Gasteiger partial charge in [-0.3, -0.25) is 14.3 Å². The van der Waals surface area contributed by atoms with Gasteiger partial charge in [0.1, 0.15) is 5.69 Å². The minimum absolute atomic E-state index is 0.0386. The van der Waals surface area contributed by atoms with E-state index in [1.54, 1.807) is 9.58 Å². The fourth-order valence-electron chi connectivity index (χ4n) is 4.26. The van der Waals surface area contributed by atoms with E-state index in [-0.39, 0.29) is 44.3 Å². The molecule has 0 aliphatic carbocycles. The number of carbonyl (C=O) groups excluding carboxylic acids is 2. The van der Waals surface area contributed by atoms with Crippen LogP contribution in [0, 0.1) is 0 Å². The Hall–Kier alpha value is -2.35. The summed E-state index contributed by atoms with van der Waals surface area (Å²) in [5, 5.41) is 7.45. The zero-order valence-electron chi connectivity index (χ0n) is 17.5. The first-order valence-corrected chi connectivity index (χ1v) is 12.9. The lowest BCUT2D eigenvalue weighted by Crippen LogP contribution is -2.41. The van der Waals surface area contributed by atoms with Crippen LogP contribution in [0.4, 0.5) is 5.13 Å². The number of hydrogen-bond acceptors (Lipinski definition) is 9. The summed E-state index contributed by atoms with van der Waals surface area (Å²) in [6.07, 6.45) is 1.40. The van der Waals surface area contributed by atoms with Gasteiger partial charge in [-0.25, -0.2) is 13.4 Å². The molecule has 2 saturated heterocycles. The lowest BCUT2D eigenvalue weighted by atomic mass is 10.1. The van der Waals surface area contributed by atoms with Crippen LogP contribution in [0.5, 0.6) is 0 Å². The Kier molecular flexibility index (Phi) is 5.51. The van der Waals surface area contributed by atoms with Gasteiger partial charge >= 0.3 is 0 Å². The minimum atomic E-state index is -3.74. The van der Waals surface area contributed by atoms with Gasteiger partial charge in [0.05, 0.1) is 30.7 Å². The Labute approximate surface area is 188 Å². The fourth-order valence-corrected chi connectivity index (χ4v) is 7.15. The van der Waals surface area contributed by atoms with E-state index in [1.807, 2.05) is 0 Å². The molecule has 0 spiro atoms. The minimum Gasteiger partial charge on any atom is -0.381 e. The molecule has 2 fully saturated rings. The van der Waals surface area contributed by atoms with Crippen LogP contribution < -0.4 is 5.32 Å². The predicted molar refractivity (Wildman–Crippen MR) is 114 cm³/mol. The van der Waals surface area contributed by atoms with E-state index in [2.05, 4.69) is 15.4 Å². The average Bonchev–Trinajstić information content (AvgIpc) is 3.36. The second-order valence-electron chi connectivity index (χ2n) is 7.96. The molecule has 0 atom stereocenters. The van der Waals surface area contributed by atoms with E-state index >= 15 is 0 Å². The van der Waals surface area contributed by atoms with Crippen molar-refractivity contribution in [3.05, 3.63) is 11.3 Å². The molecule has 0 bridgehead atoms. The lowest BCUT2D eigenvalue weighted by molar-refractivity contribution is -0.114. The van der Waals surface area contributed by atoms with Crippen molar-refractivity contribution in [3.63, 3.8) is 0 Å². The van der Waals surface area contributed by atoms with Crippen LogP contribution in [0.3, 0.4) is 0 Å². The quantitative estimate of drug-likeness (QED) is 0.689. The van der Waals surface area contributed by atoms with Crippen molar-refractivity contribution in [2.45, 2.75) is 35.8 Å². The van der Waals surface area contributed by atoms with E-state index in [9.17, 15) is 18.0 Å². The number of carbonyl (C=O) groups is 2. The third kappa shape index (κ3) is 3.72. The zero-order chi connectivity index (χ0) is 22.5. The summed E-state index contributed by atoms with van der Waals surface area (Å²) in [6, 6.07) is -0.0386.